The maximum Gasteiger partial charge on any atom is 0.341 e. The molecular weight excluding hydrogens is 369 g/mol. The lowest BCUT2D eigenvalue weighted by atomic mass is 10.2. The first kappa shape index (κ1) is 18.9. The van der Waals surface area contributed by atoms with Crippen molar-refractivity contribution in [2.24, 2.45) is 0 Å². The Bertz CT molecular complexity index is 764. The fraction of sp³-hybridized carbons (Fsp3) is 0.176. The Morgan fingerprint density at radius 2 is 1.84 bits per heavy atom. The Morgan fingerprint density at radius 1 is 1.16 bits per heavy atom. The van der Waals surface area contributed by atoms with Crippen LogP contribution in [0, 0.1) is 0 Å². The minimum atomic E-state index is -1.07. The van der Waals surface area contributed by atoms with Crippen LogP contribution in [-0.2, 0) is 9.59 Å². The molecule has 0 spiro atoms. The minimum Gasteiger partial charge on any atom is -0.482 e. The molecule has 0 fully saturated rings. The van der Waals surface area contributed by atoms with E-state index in [-0.39, 0.29) is 5.91 Å². The van der Waals surface area contributed by atoms with Crippen LogP contribution in [0.25, 0.3) is 0 Å². The molecule has 2 aromatic rings. The maximum absolute atomic E-state index is 12.2. The second kappa shape index (κ2) is 8.60. The molecule has 0 aliphatic heterocycles. The van der Waals surface area contributed by atoms with E-state index in [1.165, 1.54) is 6.07 Å². The lowest BCUT2D eigenvalue weighted by Gasteiger charge is -2.16. The highest BCUT2D eigenvalue weighted by Crippen LogP contribution is 2.28. The third-order valence-corrected chi connectivity index (χ3v) is 3.58. The third kappa shape index (κ3) is 5.85. The first-order valence-corrected chi connectivity index (χ1v) is 7.98. The van der Waals surface area contributed by atoms with Gasteiger partial charge in [0.1, 0.15) is 11.5 Å². The van der Waals surface area contributed by atoms with Crippen LogP contribution in [0.4, 0.5) is 5.69 Å². The molecule has 0 heterocycles. The van der Waals surface area contributed by atoms with Crippen LogP contribution >= 0.6 is 23.2 Å². The van der Waals surface area contributed by atoms with Gasteiger partial charge in [-0.05, 0) is 49.4 Å². The standard InChI is InChI=1S/C17H15Cl2NO5/c1-10(25-15-7-2-11(18)8-14(15)19)17(23)20-12-3-5-13(6-4-12)24-9-16(21)22/h2-8,10H,9H2,1H3,(H,20,23)(H,21,22)/t10-/m1/s1. The Hall–Kier alpha value is -2.44. The Kier molecular flexibility index (Phi) is 6.50. The van der Waals surface area contributed by atoms with E-state index in [1.54, 1.807) is 43.3 Å². The summed E-state index contributed by atoms with van der Waals surface area (Å²) in [6, 6.07) is 11.0. The number of aliphatic carboxylic acids is 1. The van der Waals surface area contributed by atoms with Gasteiger partial charge in [0.2, 0.25) is 0 Å². The molecule has 0 bridgehead atoms. The molecule has 8 heteroatoms. The number of carboxylic acids is 1. The van der Waals surface area contributed by atoms with Crippen LogP contribution in [0.5, 0.6) is 11.5 Å². The number of ether oxygens (including phenoxy) is 2. The molecule has 1 atom stereocenters. The quantitative estimate of drug-likeness (QED) is 0.757. The number of nitrogens with one attached hydrogen (secondary N) is 1. The molecule has 0 radical (unpaired) electrons. The number of benzene rings is 2. The highest BCUT2D eigenvalue weighted by atomic mass is 35.5. The highest BCUT2D eigenvalue weighted by Gasteiger charge is 2.16. The zero-order valence-electron chi connectivity index (χ0n) is 13.2. The Labute approximate surface area is 154 Å². The molecule has 25 heavy (non-hydrogen) atoms. The van der Waals surface area contributed by atoms with Gasteiger partial charge in [0.25, 0.3) is 5.91 Å². The fourth-order valence-electron chi connectivity index (χ4n) is 1.84. The van der Waals surface area contributed by atoms with Gasteiger partial charge in [-0.1, -0.05) is 23.2 Å². The number of carbonyl (C=O) groups is 2. The maximum atomic E-state index is 12.2. The topological polar surface area (TPSA) is 84.9 Å². The van der Waals surface area contributed by atoms with Gasteiger partial charge >= 0.3 is 5.97 Å². The summed E-state index contributed by atoms with van der Waals surface area (Å²) >= 11 is 11.8. The number of hydrogen-bond donors (Lipinski definition) is 2. The van der Waals surface area contributed by atoms with Crippen molar-refractivity contribution in [1.82, 2.24) is 0 Å². The van der Waals surface area contributed by atoms with Crippen molar-refractivity contribution in [2.45, 2.75) is 13.0 Å². The molecule has 2 rings (SSSR count). The Morgan fingerprint density at radius 3 is 2.44 bits per heavy atom. The summed E-state index contributed by atoms with van der Waals surface area (Å²) < 4.78 is 10.5. The molecule has 0 aliphatic carbocycles. The van der Waals surface area contributed by atoms with Crippen LogP contribution in [-0.4, -0.2) is 29.7 Å². The smallest absolute Gasteiger partial charge is 0.341 e. The number of amides is 1. The van der Waals surface area contributed by atoms with Crippen molar-refractivity contribution < 1.29 is 24.2 Å². The van der Waals surface area contributed by atoms with Crippen LogP contribution in [0.2, 0.25) is 10.0 Å². The molecular formula is C17H15Cl2NO5. The SMILES string of the molecule is C[C@@H](Oc1ccc(Cl)cc1Cl)C(=O)Nc1ccc(OCC(=O)O)cc1. The summed E-state index contributed by atoms with van der Waals surface area (Å²) in [5, 5.41) is 12.0. The van der Waals surface area contributed by atoms with E-state index in [2.05, 4.69) is 5.32 Å². The van der Waals surface area contributed by atoms with Gasteiger partial charge in [0.15, 0.2) is 12.7 Å². The largest absolute Gasteiger partial charge is 0.482 e. The summed E-state index contributed by atoms with van der Waals surface area (Å²) in [5.41, 5.74) is 0.519. The molecule has 0 aliphatic rings. The van der Waals surface area contributed by atoms with E-state index in [4.69, 9.17) is 37.8 Å². The fourth-order valence-corrected chi connectivity index (χ4v) is 2.29. The summed E-state index contributed by atoms with van der Waals surface area (Å²) in [6.45, 7) is 1.16. The van der Waals surface area contributed by atoms with Gasteiger partial charge in [-0.25, -0.2) is 4.79 Å². The summed E-state index contributed by atoms with van der Waals surface area (Å²) in [7, 11) is 0. The van der Waals surface area contributed by atoms with Crippen molar-refractivity contribution in [3.63, 3.8) is 0 Å². The van der Waals surface area contributed by atoms with E-state index >= 15 is 0 Å². The van der Waals surface area contributed by atoms with Crippen LogP contribution < -0.4 is 14.8 Å². The highest BCUT2D eigenvalue weighted by molar-refractivity contribution is 6.35. The number of carbonyl (C=O) groups excluding carboxylic acids is 1. The number of halogens is 2. The van der Waals surface area contributed by atoms with Gasteiger partial charge in [-0.3, -0.25) is 4.79 Å². The van der Waals surface area contributed by atoms with E-state index in [0.717, 1.165) is 0 Å². The normalized spacial score (nSPS) is 11.5. The lowest BCUT2D eigenvalue weighted by Crippen LogP contribution is -2.30. The summed E-state index contributed by atoms with van der Waals surface area (Å²) in [4.78, 5) is 22.6. The van der Waals surface area contributed by atoms with Crippen molar-refractivity contribution in [3.8, 4) is 11.5 Å². The van der Waals surface area contributed by atoms with Crippen LogP contribution in [0.15, 0.2) is 42.5 Å². The molecule has 2 aromatic carbocycles. The second-order valence-electron chi connectivity index (χ2n) is 5.03. The summed E-state index contributed by atoms with van der Waals surface area (Å²) in [6.07, 6.45) is -0.790. The average Bonchev–Trinajstić information content (AvgIpc) is 2.56. The van der Waals surface area contributed by atoms with E-state index in [1.807, 2.05) is 0 Å². The molecule has 6 nitrogen and oxygen atoms in total. The molecule has 0 saturated carbocycles. The number of anilines is 1. The molecule has 1 amide bonds. The molecule has 132 valence electrons. The van der Waals surface area contributed by atoms with Crippen molar-refractivity contribution in [2.75, 3.05) is 11.9 Å². The monoisotopic (exact) mass is 383 g/mol. The molecule has 0 unspecified atom stereocenters. The number of hydrogen-bond acceptors (Lipinski definition) is 4. The predicted octanol–water partition coefficient (Wildman–Crippen LogP) is 3.86. The van der Waals surface area contributed by atoms with Gasteiger partial charge in [0, 0.05) is 10.7 Å². The van der Waals surface area contributed by atoms with Gasteiger partial charge < -0.3 is 19.9 Å². The molecule has 0 aromatic heterocycles. The number of carboxylic acid groups (broad SMARTS) is 1. The Balaban J connectivity index is 1.93. The van der Waals surface area contributed by atoms with Crippen LogP contribution in [0.1, 0.15) is 6.92 Å². The van der Waals surface area contributed by atoms with Gasteiger partial charge in [0.05, 0.1) is 5.02 Å². The van der Waals surface area contributed by atoms with E-state index in [0.29, 0.717) is 27.2 Å². The molecule has 0 saturated heterocycles. The van der Waals surface area contributed by atoms with Crippen molar-refractivity contribution in [1.29, 1.82) is 0 Å². The van der Waals surface area contributed by atoms with Gasteiger partial charge in [-0.15, -0.1) is 0 Å². The summed E-state index contributed by atoms with van der Waals surface area (Å²) in [5.74, 6) is -0.696. The first-order chi connectivity index (χ1) is 11.8. The number of rotatable bonds is 7. The molecule has 2 N–H and O–H groups in total. The predicted molar refractivity (Wildman–Crippen MR) is 94.8 cm³/mol. The van der Waals surface area contributed by atoms with Crippen molar-refractivity contribution in [3.05, 3.63) is 52.5 Å². The minimum absolute atomic E-state index is 0.312. The van der Waals surface area contributed by atoms with E-state index < -0.39 is 18.7 Å². The van der Waals surface area contributed by atoms with Crippen LogP contribution in [0.3, 0.4) is 0 Å². The van der Waals surface area contributed by atoms with E-state index in [9.17, 15) is 9.59 Å². The average molecular weight is 384 g/mol. The zero-order chi connectivity index (χ0) is 18.4. The zero-order valence-corrected chi connectivity index (χ0v) is 14.7. The van der Waals surface area contributed by atoms with Crippen molar-refractivity contribution >= 4 is 40.8 Å². The second-order valence-corrected chi connectivity index (χ2v) is 5.87. The lowest BCUT2D eigenvalue weighted by molar-refractivity contribution is -0.139. The first-order valence-electron chi connectivity index (χ1n) is 7.22. The third-order valence-electron chi connectivity index (χ3n) is 3.05. The van der Waals surface area contributed by atoms with Gasteiger partial charge in [-0.2, -0.15) is 0 Å².